The van der Waals surface area contributed by atoms with Gasteiger partial charge < -0.3 is 9.40 Å². The maximum Gasteiger partial charge on any atom is 0.273 e. The van der Waals surface area contributed by atoms with Crippen molar-refractivity contribution in [2.24, 2.45) is 0 Å². The first kappa shape index (κ1) is 20.4. The van der Waals surface area contributed by atoms with Gasteiger partial charge in [0, 0.05) is 23.0 Å². The fourth-order valence-electron chi connectivity index (χ4n) is 3.68. The van der Waals surface area contributed by atoms with Gasteiger partial charge in [-0.05, 0) is 55.7 Å². The molecule has 3 N–H and O–H groups in total. The molecule has 0 fully saturated rings. The molecule has 0 unspecified atom stereocenters. The summed E-state index contributed by atoms with van der Waals surface area (Å²) in [5, 5.41) is 0.736. The number of nitrogens with one attached hydrogen (secondary N) is 3. The molecule has 2 heterocycles. The number of hydrazine groups is 1. The number of aromatic nitrogens is 1. The first-order valence-electron chi connectivity index (χ1n) is 9.94. The van der Waals surface area contributed by atoms with Gasteiger partial charge in [-0.1, -0.05) is 30.3 Å². The summed E-state index contributed by atoms with van der Waals surface area (Å²) >= 11 is 0. The molecule has 2 amide bonds. The Morgan fingerprint density at radius 2 is 1.81 bits per heavy atom. The predicted molar refractivity (Wildman–Crippen MR) is 116 cm³/mol. The quantitative estimate of drug-likeness (QED) is 0.414. The molecule has 0 saturated carbocycles. The van der Waals surface area contributed by atoms with Gasteiger partial charge in [0.2, 0.25) is 5.91 Å². The van der Waals surface area contributed by atoms with Crippen LogP contribution >= 0.6 is 0 Å². The summed E-state index contributed by atoms with van der Waals surface area (Å²) in [5.41, 5.74) is 8.67. The highest BCUT2D eigenvalue weighted by Crippen LogP contribution is 2.31. The molecule has 2 aromatic carbocycles. The third-order valence-corrected chi connectivity index (χ3v) is 5.13. The van der Waals surface area contributed by atoms with E-state index in [0.717, 1.165) is 27.7 Å². The monoisotopic (exact) mass is 419 g/mol. The van der Waals surface area contributed by atoms with E-state index in [9.17, 15) is 14.0 Å². The summed E-state index contributed by atoms with van der Waals surface area (Å²) in [6, 6.07) is 15.9. The lowest BCUT2D eigenvalue weighted by Crippen LogP contribution is -2.41. The van der Waals surface area contributed by atoms with Gasteiger partial charge in [-0.2, -0.15) is 0 Å². The smallest absolute Gasteiger partial charge is 0.273 e. The second-order valence-corrected chi connectivity index (χ2v) is 7.36. The van der Waals surface area contributed by atoms with E-state index in [0.29, 0.717) is 23.5 Å². The molecule has 0 aliphatic rings. The SMILES string of the molecule is Cc1cc(C(=O)NNC(=O)CCc2c(-c3ccccc3)[nH]c3ccc(F)cc23)c(C)o1. The minimum absolute atomic E-state index is 0.118. The normalized spacial score (nSPS) is 10.9. The molecule has 2 aromatic heterocycles. The minimum Gasteiger partial charge on any atom is -0.466 e. The van der Waals surface area contributed by atoms with Gasteiger partial charge in [0.1, 0.15) is 17.3 Å². The van der Waals surface area contributed by atoms with Crippen molar-refractivity contribution in [1.29, 1.82) is 0 Å². The van der Waals surface area contributed by atoms with Crippen molar-refractivity contribution in [3.63, 3.8) is 0 Å². The highest BCUT2D eigenvalue weighted by molar-refractivity contribution is 5.96. The fourth-order valence-corrected chi connectivity index (χ4v) is 3.68. The first-order chi connectivity index (χ1) is 14.9. The molecule has 4 rings (SSSR count). The highest BCUT2D eigenvalue weighted by Gasteiger charge is 2.17. The molecular formula is C24H22FN3O3. The van der Waals surface area contributed by atoms with Crippen molar-refractivity contribution in [3.8, 4) is 11.3 Å². The predicted octanol–water partition coefficient (Wildman–Crippen LogP) is 4.58. The Balaban J connectivity index is 1.49. The van der Waals surface area contributed by atoms with Gasteiger partial charge in [0.05, 0.1) is 5.56 Å². The van der Waals surface area contributed by atoms with E-state index < -0.39 is 5.91 Å². The lowest BCUT2D eigenvalue weighted by molar-refractivity contribution is -0.121. The summed E-state index contributed by atoms with van der Waals surface area (Å²) < 4.78 is 19.2. The maximum atomic E-state index is 13.9. The zero-order valence-corrected chi connectivity index (χ0v) is 17.2. The van der Waals surface area contributed by atoms with E-state index >= 15 is 0 Å². The Bertz CT molecular complexity index is 1260. The van der Waals surface area contributed by atoms with E-state index in [2.05, 4.69) is 15.8 Å². The Kier molecular flexibility index (Phi) is 5.58. The number of hydrogen-bond donors (Lipinski definition) is 3. The van der Waals surface area contributed by atoms with Crippen LogP contribution in [0.4, 0.5) is 4.39 Å². The van der Waals surface area contributed by atoms with Crippen LogP contribution in [0.1, 0.15) is 33.9 Å². The molecule has 0 aliphatic heterocycles. The van der Waals surface area contributed by atoms with Crippen molar-refractivity contribution in [1.82, 2.24) is 15.8 Å². The molecule has 7 heteroatoms. The molecular weight excluding hydrogens is 397 g/mol. The van der Waals surface area contributed by atoms with Crippen LogP contribution in [0.2, 0.25) is 0 Å². The Morgan fingerprint density at radius 1 is 1.03 bits per heavy atom. The standard InChI is InChI=1S/C24H22FN3O3/c1-14-12-19(15(2)31-14)24(30)28-27-22(29)11-9-18-20-13-17(25)8-10-21(20)26-23(18)16-6-4-3-5-7-16/h3-8,10,12-13,26H,9,11H2,1-2H3,(H,27,29)(H,28,30). The van der Waals surface area contributed by atoms with Crippen LogP contribution in [0, 0.1) is 19.7 Å². The number of amides is 2. The summed E-state index contributed by atoms with van der Waals surface area (Å²) in [5.74, 6) is -0.0285. The fraction of sp³-hybridized carbons (Fsp3) is 0.167. The topological polar surface area (TPSA) is 87.1 Å². The number of furan rings is 1. The van der Waals surface area contributed by atoms with Crippen molar-refractivity contribution >= 4 is 22.7 Å². The summed E-state index contributed by atoms with van der Waals surface area (Å²) in [6.07, 6.45) is 0.492. The Morgan fingerprint density at radius 3 is 2.52 bits per heavy atom. The third kappa shape index (κ3) is 4.35. The van der Waals surface area contributed by atoms with Crippen LogP contribution in [-0.4, -0.2) is 16.8 Å². The van der Waals surface area contributed by atoms with Gasteiger partial charge in [-0.25, -0.2) is 4.39 Å². The molecule has 31 heavy (non-hydrogen) atoms. The lowest BCUT2D eigenvalue weighted by atomic mass is 10.0. The number of halogens is 1. The average molecular weight is 419 g/mol. The number of aromatic amines is 1. The van der Waals surface area contributed by atoms with Gasteiger partial charge in [-0.15, -0.1) is 0 Å². The van der Waals surface area contributed by atoms with Crippen LogP contribution in [-0.2, 0) is 11.2 Å². The van der Waals surface area contributed by atoms with E-state index in [1.807, 2.05) is 30.3 Å². The molecule has 4 aromatic rings. The molecule has 0 saturated heterocycles. The van der Waals surface area contributed by atoms with Gasteiger partial charge in [0.15, 0.2) is 0 Å². The maximum absolute atomic E-state index is 13.9. The van der Waals surface area contributed by atoms with Crippen molar-refractivity contribution in [2.75, 3.05) is 0 Å². The van der Waals surface area contributed by atoms with Crippen LogP contribution in [0.3, 0.4) is 0 Å². The zero-order valence-electron chi connectivity index (χ0n) is 17.2. The van der Waals surface area contributed by atoms with Gasteiger partial charge >= 0.3 is 0 Å². The third-order valence-electron chi connectivity index (χ3n) is 5.13. The molecule has 6 nitrogen and oxygen atoms in total. The summed E-state index contributed by atoms with van der Waals surface area (Å²) in [7, 11) is 0. The first-order valence-corrected chi connectivity index (χ1v) is 9.94. The number of aryl methyl sites for hydroxylation is 3. The number of hydrogen-bond acceptors (Lipinski definition) is 3. The number of benzene rings is 2. The van der Waals surface area contributed by atoms with Crippen molar-refractivity contribution < 1.29 is 18.4 Å². The zero-order chi connectivity index (χ0) is 22.0. The molecule has 0 spiro atoms. The van der Waals surface area contributed by atoms with Crippen LogP contribution in [0.25, 0.3) is 22.2 Å². The minimum atomic E-state index is -0.443. The average Bonchev–Trinajstić information content (AvgIpc) is 3.29. The van der Waals surface area contributed by atoms with E-state index in [4.69, 9.17) is 4.42 Å². The second kappa shape index (κ2) is 8.47. The largest absolute Gasteiger partial charge is 0.466 e. The molecule has 0 bridgehead atoms. The molecule has 0 aliphatic carbocycles. The number of fused-ring (bicyclic) bond motifs is 1. The Labute approximate surface area is 178 Å². The molecule has 0 atom stereocenters. The number of carbonyl (C=O) groups is 2. The van der Waals surface area contributed by atoms with Crippen LogP contribution in [0.5, 0.6) is 0 Å². The summed E-state index contributed by atoms with van der Waals surface area (Å²) in [4.78, 5) is 27.9. The highest BCUT2D eigenvalue weighted by atomic mass is 19.1. The van der Waals surface area contributed by atoms with Crippen molar-refractivity contribution in [3.05, 3.63) is 83.1 Å². The van der Waals surface area contributed by atoms with Gasteiger partial charge in [0.25, 0.3) is 5.91 Å². The second-order valence-electron chi connectivity index (χ2n) is 7.36. The Hall–Kier alpha value is -3.87. The van der Waals surface area contributed by atoms with E-state index in [1.165, 1.54) is 12.1 Å². The van der Waals surface area contributed by atoms with E-state index in [1.54, 1.807) is 26.0 Å². The van der Waals surface area contributed by atoms with E-state index in [-0.39, 0.29) is 18.1 Å². The van der Waals surface area contributed by atoms with Crippen LogP contribution < -0.4 is 10.9 Å². The van der Waals surface area contributed by atoms with Crippen LogP contribution in [0.15, 0.2) is 59.0 Å². The van der Waals surface area contributed by atoms with Crippen molar-refractivity contribution in [2.45, 2.75) is 26.7 Å². The van der Waals surface area contributed by atoms with Gasteiger partial charge in [-0.3, -0.25) is 20.4 Å². The number of carbonyl (C=O) groups excluding carboxylic acids is 2. The number of H-pyrrole nitrogens is 1. The molecule has 0 radical (unpaired) electrons. The molecule has 158 valence electrons. The lowest BCUT2D eigenvalue weighted by Gasteiger charge is -2.08. The number of rotatable bonds is 5. The summed E-state index contributed by atoms with van der Waals surface area (Å²) in [6.45, 7) is 3.43.